The van der Waals surface area contributed by atoms with E-state index in [1.807, 2.05) is 10.6 Å². The van der Waals surface area contributed by atoms with Gasteiger partial charge in [-0.1, -0.05) is 31.5 Å². The summed E-state index contributed by atoms with van der Waals surface area (Å²) in [5, 5.41) is 3.02. The Labute approximate surface area is 176 Å². The minimum absolute atomic E-state index is 0.0425. The number of aromatic nitrogens is 1. The van der Waals surface area contributed by atoms with E-state index in [1.54, 1.807) is 25.2 Å². The van der Waals surface area contributed by atoms with Gasteiger partial charge in [0.2, 0.25) is 0 Å². The lowest BCUT2D eigenvalue weighted by Gasteiger charge is -2.43. The first-order chi connectivity index (χ1) is 13.9. The van der Waals surface area contributed by atoms with Gasteiger partial charge in [-0.2, -0.15) is 0 Å². The van der Waals surface area contributed by atoms with Crippen molar-refractivity contribution in [2.45, 2.75) is 32.7 Å². The fourth-order valence-corrected chi connectivity index (χ4v) is 5.11. The number of benzene rings is 1. The Kier molecular flexibility index (Phi) is 5.54. The third-order valence-corrected chi connectivity index (χ3v) is 6.36. The van der Waals surface area contributed by atoms with E-state index in [4.69, 9.17) is 11.6 Å². The highest BCUT2D eigenvalue weighted by atomic mass is 35.5. The molecule has 1 amide bonds. The van der Waals surface area contributed by atoms with Crippen molar-refractivity contribution in [1.29, 1.82) is 0 Å². The van der Waals surface area contributed by atoms with Crippen molar-refractivity contribution in [2.75, 3.05) is 26.7 Å². The number of carbonyl (C=O) groups excluding carboxylic acids is 1. The maximum absolute atomic E-state index is 12.9. The van der Waals surface area contributed by atoms with Crippen LogP contribution in [0.1, 0.15) is 42.2 Å². The third-order valence-electron chi connectivity index (χ3n) is 6.03. The Hall–Kier alpha value is -2.11. The second-order valence-electron chi connectivity index (χ2n) is 8.80. The van der Waals surface area contributed by atoms with E-state index in [-0.39, 0.29) is 11.5 Å². The smallest absolute Gasteiger partial charge is 0.252 e. The van der Waals surface area contributed by atoms with Crippen LogP contribution in [0.25, 0.3) is 11.1 Å². The Morgan fingerprint density at radius 3 is 2.69 bits per heavy atom. The van der Waals surface area contributed by atoms with Crippen molar-refractivity contribution in [2.24, 2.45) is 11.8 Å². The molecule has 3 heterocycles. The zero-order valence-electron chi connectivity index (χ0n) is 17.2. The number of carbonyl (C=O) groups is 1. The standard InChI is InChI=1S/C23H28ClN3O2/c1-14(2)10-26-11-15-6-18(13-26)21-8-17(9-22(28)27(21)12-15)16-4-5-20(24)19(7-16)23(29)25-3/h4-5,7-9,14-15,18H,6,10-13H2,1-3H3,(H,25,29)/t15-,18+/m0/s1. The molecule has 0 spiro atoms. The van der Waals surface area contributed by atoms with Gasteiger partial charge in [-0.25, -0.2) is 0 Å². The number of rotatable bonds is 4. The molecule has 1 fully saturated rings. The Bertz CT molecular complexity index is 998. The number of halogens is 1. The first-order valence-corrected chi connectivity index (χ1v) is 10.7. The van der Waals surface area contributed by atoms with Crippen molar-refractivity contribution in [3.8, 4) is 11.1 Å². The van der Waals surface area contributed by atoms with Crippen LogP contribution in [0.15, 0.2) is 35.1 Å². The number of fused-ring (bicyclic) bond motifs is 4. The number of hydrogen-bond acceptors (Lipinski definition) is 3. The number of nitrogens with zero attached hydrogens (tertiary/aromatic N) is 2. The summed E-state index contributed by atoms with van der Waals surface area (Å²) in [4.78, 5) is 27.6. The van der Waals surface area contributed by atoms with Crippen LogP contribution in [-0.2, 0) is 6.54 Å². The van der Waals surface area contributed by atoms with Crippen LogP contribution in [0.2, 0.25) is 5.02 Å². The van der Waals surface area contributed by atoms with E-state index >= 15 is 0 Å². The van der Waals surface area contributed by atoms with Gasteiger partial charge >= 0.3 is 0 Å². The molecule has 2 bridgehead atoms. The number of pyridine rings is 1. The predicted molar refractivity (Wildman–Crippen MR) is 117 cm³/mol. The van der Waals surface area contributed by atoms with Gasteiger partial charge in [0.25, 0.3) is 11.5 Å². The van der Waals surface area contributed by atoms with Gasteiger partial charge in [-0.15, -0.1) is 0 Å². The Morgan fingerprint density at radius 2 is 1.97 bits per heavy atom. The summed E-state index contributed by atoms with van der Waals surface area (Å²) in [5.74, 6) is 1.32. The summed E-state index contributed by atoms with van der Waals surface area (Å²) < 4.78 is 1.96. The number of amides is 1. The van der Waals surface area contributed by atoms with E-state index in [0.717, 1.165) is 49.4 Å². The molecule has 6 heteroatoms. The summed E-state index contributed by atoms with van der Waals surface area (Å²) in [7, 11) is 1.58. The van der Waals surface area contributed by atoms with Crippen LogP contribution in [0.4, 0.5) is 0 Å². The molecule has 2 aromatic rings. The first kappa shape index (κ1) is 20.2. The maximum atomic E-state index is 12.9. The lowest BCUT2D eigenvalue weighted by atomic mass is 9.82. The maximum Gasteiger partial charge on any atom is 0.252 e. The molecule has 1 aromatic carbocycles. The van der Waals surface area contributed by atoms with E-state index in [9.17, 15) is 9.59 Å². The minimum atomic E-state index is -0.231. The average Bonchev–Trinajstić information content (AvgIpc) is 2.68. The quantitative estimate of drug-likeness (QED) is 0.833. The fraction of sp³-hybridized carbons (Fsp3) is 0.478. The van der Waals surface area contributed by atoms with Crippen molar-refractivity contribution in [3.63, 3.8) is 0 Å². The molecule has 2 aliphatic heterocycles. The largest absolute Gasteiger partial charge is 0.355 e. The van der Waals surface area contributed by atoms with Crippen LogP contribution >= 0.6 is 11.6 Å². The van der Waals surface area contributed by atoms with Gasteiger partial charge in [0.15, 0.2) is 0 Å². The Morgan fingerprint density at radius 1 is 1.17 bits per heavy atom. The molecular formula is C23H28ClN3O2. The summed E-state index contributed by atoms with van der Waals surface area (Å²) in [5.41, 5.74) is 3.27. The van der Waals surface area contributed by atoms with Gasteiger partial charge in [0.1, 0.15) is 0 Å². The normalized spacial score (nSPS) is 21.1. The SMILES string of the molecule is CNC(=O)c1cc(-c2cc3n(c(=O)c2)C[C@H]2C[C@@H]3CN(CC(C)C)C2)ccc1Cl. The summed E-state index contributed by atoms with van der Waals surface area (Å²) in [6.07, 6.45) is 1.14. The number of hydrogen-bond donors (Lipinski definition) is 1. The molecule has 0 saturated carbocycles. The molecule has 154 valence electrons. The highest BCUT2D eigenvalue weighted by Crippen LogP contribution is 2.37. The topological polar surface area (TPSA) is 54.3 Å². The van der Waals surface area contributed by atoms with Crippen LogP contribution in [-0.4, -0.2) is 42.1 Å². The summed E-state index contributed by atoms with van der Waals surface area (Å²) >= 11 is 6.20. The van der Waals surface area contributed by atoms with Crippen LogP contribution in [0.3, 0.4) is 0 Å². The van der Waals surface area contributed by atoms with Gasteiger partial charge in [0.05, 0.1) is 10.6 Å². The molecule has 0 aliphatic carbocycles. The van der Waals surface area contributed by atoms with E-state index in [0.29, 0.717) is 28.3 Å². The highest BCUT2D eigenvalue weighted by Gasteiger charge is 2.35. The molecule has 0 radical (unpaired) electrons. The van der Waals surface area contributed by atoms with Gasteiger partial charge < -0.3 is 14.8 Å². The highest BCUT2D eigenvalue weighted by molar-refractivity contribution is 6.34. The summed E-state index contributed by atoms with van der Waals surface area (Å²) in [6, 6.07) is 9.19. The molecule has 4 rings (SSSR count). The number of likely N-dealkylation sites (tertiary alicyclic amines) is 1. The molecule has 2 atom stereocenters. The number of nitrogens with one attached hydrogen (secondary N) is 1. The second kappa shape index (κ2) is 7.96. The number of piperidine rings is 1. The van der Waals surface area contributed by atoms with Gasteiger partial charge in [0, 0.05) is 50.9 Å². The van der Waals surface area contributed by atoms with E-state index < -0.39 is 0 Å². The van der Waals surface area contributed by atoms with Gasteiger partial charge in [-0.05, 0) is 47.6 Å². The third kappa shape index (κ3) is 3.99. The predicted octanol–water partition coefficient (Wildman–Crippen LogP) is 3.60. The van der Waals surface area contributed by atoms with E-state index in [2.05, 4.69) is 30.1 Å². The monoisotopic (exact) mass is 413 g/mol. The van der Waals surface area contributed by atoms with Crippen LogP contribution in [0, 0.1) is 11.8 Å². The molecule has 1 saturated heterocycles. The lowest BCUT2D eigenvalue weighted by Crippen LogP contribution is -2.48. The second-order valence-corrected chi connectivity index (χ2v) is 9.21. The van der Waals surface area contributed by atoms with Crippen LogP contribution < -0.4 is 10.9 Å². The van der Waals surface area contributed by atoms with E-state index in [1.165, 1.54) is 0 Å². The van der Waals surface area contributed by atoms with Crippen molar-refractivity contribution in [3.05, 3.63) is 57.0 Å². The molecule has 2 aliphatic rings. The van der Waals surface area contributed by atoms with Crippen molar-refractivity contribution in [1.82, 2.24) is 14.8 Å². The molecule has 5 nitrogen and oxygen atoms in total. The van der Waals surface area contributed by atoms with Crippen molar-refractivity contribution < 1.29 is 4.79 Å². The average molecular weight is 414 g/mol. The molecule has 1 N–H and O–H groups in total. The zero-order valence-corrected chi connectivity index (χ0v) is 18.0. The molecule has 29 heavy (non-hydrogen) atoms. The first-order valence-electron chi connectivity index (χ1n) is 10.3. The van der Waals surface area contributed by atoms with Crippen LogP contribution in [0.5, 0.6) is 0 Å². The summed E-state index contributed by atoms with van der Waals surface area (Å²) in [6.45, 7) is 8.49. The Balaban J connectivity index is 1.72. The minimum Gasteiger partial charge on any atom is -0.355 e. The molecular weight excluding hydrogens is 386 g/mol. The molecule has 1 aromatic heterocycles. The zero-order chi connectivity index (χ0) is 20.7. The van der Waals surface area contributed by atoms with Crippen molar-refractivity contribution >= 4 is 17.5 Å². The lowest BCUT2D eigenvalue weighted by molar-refractivity contribution is 0.0963. The van der Waals surface area contributed by atoms with Gasteiger partial charge in [-0.3, -0.25) is 9.59 Å². The molecule has 0 unspecified atom stereocenters. The fourth-order valence-electron chi connectivity index (χ4n) is 4.90.